The van der Waals surface area contributed by atoms with Gasteiger partial charge in [-0.25, -0.2) is 4.98 Å². The number of aromatic nitrogens is 2. The summed E-state index contributed by atoms with van der Waals surface area (Å²) in [6.07, 6.45) is 4.60. The van der Waals surface area contributed by atoms with Crippen LogP contribution in [0.15, 0.2) is 30.6 Å². The van der Waals surface area contributed by atoms with Crippen LogP contribution < -0.4 is 5.32 Å². The van der Waals surface area contributed by atoms with Crippen molar-refractivity contribution in [3.05, 3.63) is 47.5 Å². The van der Waals surface area contributed by atoms with Gasteiger partial charge >= 0.3 is 0 Å². The highest BCUT2D eigenvalue weighted by Crippen LogP contribution is 2.17. The van der Waals surface area contributed by atoms with Crippen molar-refractivity contribution >= 4 is 0 Å². The monoisotopic (exact) mass is 254 g/mol. The van der Waals surface area contributed by atoms with E-state index in [9.17, 15) is 0 Å². The quantitative estimate of drug-likeness (QED) is 0.834. The van der Waals surface area contributed by atoms with Crippen LogP contribution in [0.25, 0.3) is 5.69 Å². The Morgan fingerprint density at radius 2 is 2.26 bits per heavy atom. The lowest BCUT2D eigenvalue weighted by Gasteiger charge is -2.10. The highest BCUT2D eigenvalue weighted by Gasteiger charge is 2.07. The van der Waals surface area contributed by atoms with E-state index < -0.39 is 0 Å². The molecule has 98 valence electrons. The van der Waals surface area contributed by atoms with Gasteiger partial charge in [0.2, 0.25) is 5.82 Å². The molecular formula is C15H18N4. The number of nitrogens with one attached hydrogen (secondary N) is 1. The Bertz CT molecular complexity index is 592. The number of nitriles is 1. The Morgan fingerprint density at radius 1 is 1.42 bits per heavy atom. The van der Waals surface area contributed by atoms with Gasteiger partial charge in [-0.2, -0.15) is 5.26 Å². The number of hydrogen-bond acceptors (Lipinski definition) is 3. The minimum absolute atomic E-state index is 0.417. The van der Waals surface area contributed by atoms with Gasteiger partial charge in [-0.15, -0.1) is 0 Å². The smallest absolute Gasteiger partial charge is 0.217 e. The average Bonchev–Trinajstić information content (AvgIpc) is 2.87. The van der Waals surface area contributed by atoms with Crippen molar-refractivity contribution in [2.45, 2.75) is 26.8 Å². The second kappa shape index (κ2) is 6.17. The Labute approximate surface area is 113 Å². The predicted molar refractivity (Wildman–Crippen MR) is 75.0 cm³/mol. The molecule has 2 aromatic rings. The molecule has 0 radical (unpaired) electrons. The van der Waals surface area contributed by atoms with E-state index in [1.165, 1.54) is 5.56 Å². The van der Waals surface area contributed by atoms with Crippen LogP contribution >= 0.6 is 0 Å². The van der Waals surface area contributed by atoms with Crippen LogP contribution in [0.4, 0.5) is 0 Å². The van der Waals surface area contributed by atoms with Crippen molar-refractivity contribution in [1.82, 2.24) is 14.9 Å². The summed E-state index contributed by atoms with van der Waals surface area (Å²) in [5, 5.41) is 12.4. The van der Waals surface area contributed by atoms with Crippen LogP contribution in [0, 0.1) is 18.3 Å². The van der Waals surface area contributed by atoms with Gasteiger partial charge in [-0.05, 0) is 37.1 Å². The molecule has 0 spiro atoms. The molecule has 1 aromatic carbocycles. The Balaban J connectivity index is 2.23. The fourth-order valence-corrected chi connectivity index (χ4v) is 2.09. The molecule has 0 unspecified atom stereocenters. The lowest BCUT2D eigenvalue weighted by Crippen LogP contribution is -2.14. The fraction of sp³-hybridized carbons (Fsp3) is 0.333. The van der Waals surface area contributed by atoms with E-state index in [1.807, 2.05) is 16.8 Å². The lowest BCUT2D eigenvalue weighted by molar-refractivity contribution is 0.675. The molecular weight excluding hydrogens is 236 g/mol. The first-order chi connectivity index (χ1) is 9.26. The summed E-state index contributed by atoms with van der Waals surface area (Å²) in [4.78, 5) is 4.02. The van der Waals surface area contributed by atoms with E-state index in [0.717, 1.165) is 30.8 Å². The molecule has 4 nitrogen and oxygen atoms in total. The minimum Gasteiger partial charge on any atom is -0.313 e. The van der Waals surface area contributed by atoms with Crippen LogP contribution in [0.1, 0.15) is 30.3 Å². The summed E-state index contributed by atoms with van der Waals surface area (Å²) in [5.41, 5.74) is 3.41. The van der Waals surface area contributed by atoms with E-state index in [0.29, 0.717) is 5.82 Å². The van der Waals surface area contributed by atoms with Crippen LogP contribution in [0.3, 0.4) is 0 Å². The van der Waals surface area contributed by atoms with Gasteiger partial charge in [0.15, 0.2) is 0 Å². The largest absolute Gasteiger partial charge is 0.313 e. The molecule has 0 amide bonds. The van der Waals surface area contributed by atoms with Crippen LogP contribution in [-0.2, 0) is 6.54 Å². The van der Waals surface area contributed by atoms with Crippen molar-refractivity contribution in [2.24, 2.45) is 0 Å². The third-order valence-corrected chi connectivity index (χ3v) is 3.02. The third kappa shape index (κ3) is 3.01. The zero-order chi connectivity index (χ0) is 13.7. The van der Waals surface area contributed by atoms with Crippen molar-refractivity contribution in [2.75, 3.05) is 6.54 Å². The Hall–Kier alpha value is -2.12. The second-order valence-electron chi connectivity index (χ2n) is 4.53. The molecule has 0 aliphatic carbocycles. The maximum Gasteiger partial charge on any atom is 0.217 e. The van der Waals surface area contributed by atoms with Crippen LogP contribution in [-0.4, -0.2) is 16.1 Å². The number of aryl methyl sites for hydroxylation is 1. The SMILES string of the molecule is CCCNCc1ccc(-n2ccnc2C#N)c(C)c1. The Morgan fingerprint density at radius 3 is 2.95 bits per heavy atom. The maximum absolute atomic E-state index is 9.01. The summed E-state index contributed by atoms with van der Waals surface area (Å²) in [6, 6.07) is 8.38. The molecule has 0 aliphatic rings. The normalized spacial score (nSPS) is 10.4. The molecule has 2 rings (SSSR count). The van der Waals surface area contributed by atoms with E-state index in [4.69, 9.17) is 5.26 Å². The van der Waals surface area contributed by atoms with Gasteiger partial charge in [0, 0.05) is 18.9 Å². The van der Waals surface area contributed by atoms with Crippen molar-refractivity contribution in [3.63, 3.8) is 0 Å². The molecule has 0 saturated heterocycles. The number of hydrogen-bond donors (Lipinski definition) is 1. The van der Waals surface area contributed by atoms with Gasteiger partial charge < -0.3 is 5.32 Å². The molecule has 4 heteroatoms. The number of rotatable bonds is 5. The molecule has 1 N–H and O–H groups in total. The van der Waals surface area contributed by atoms with E-state index >= 15 is 0 Å². The third-order valence-electron chi connectivity index (χ3n) is 3.02. The first-order valence-electron chi connectivity index (χ1n) is 6.50. The highest BCUT2D eigenvalue weighted by atomic mass is 15.1. The molecule has 1 heterocycles. The molecule has 0 bridgehead atoms. The molecule has 19 heavy (non-hydrogen) atoms. The van der Waals surface area contributed by atoms with Gasteiger partial charge in [-0.1, -0.05) is 19.1 Å². The summed E-state index contributed by atoms with van der Waals surface area (Å²) in [5.74, 6) is 0.417. The van der Waals surface area contributed by atoms with Crippen LogP contribution in [0.5, 0.6) is 0 Å². The van der Waals surface area contributed by atoms with Crippen molar-refractivity contribution in [1.29, 1.82) is 5.26 Å². The zero-order valence-electron chi connectivity index (χ0n) is 11.3. The standard InChI is InChI=1S/C15H18N4/c1-3-6-17-11-13-4-5-14(12(2)9-13)19-8-7-18-15(19)10-16/h4-5,7-9,17H,3,6,11H2,1-2H3. The number of benzene rings is 1. The molecule has 0 saturated carbocycles. The summed E-state index contributed by atoms with van der Waals surface area (Å²) in [6.45, 7) is 6.12. The predicted octanol–water partition coefficient (Wildman–Crippen LogP) is 2.55. The zero-order valence-corrected chi connectivity index (χ0v) is 11.3. The van der Waals surface area contributed by atoms with E-state index in [2.05, 4.69) is 42.4 Å². The van der Waals surface area contributed by atoms with Crippen LogP contribution in [0.2, 0.25) is 0 Å². The number of nitrogens with zero attached hydrogens (tertiary/aromatic N) is 3. The van der Waals surface area contributed by atoms with E-state index in [1.54, 1.807) is 6.20 Å². The highest BCUT2D eigenvalue weighted by molar-refractivity contribution is 5.45. The minimum atomic E-state index is 0.417. The first-order valence-corrected chi connectivity index (χ1v) is 6.50. The van der Waals surface area contributed by atoms with Crippen molar-refractivity contribution < 1.29 is 0 Å². The van der Waals surface area contributed by atoms with Gasteiger partial charge in [0.25, 0.3) is 0 Å². The summed E-state index contributed by atoms with van der Waals surface area (Å²) < 4.78 is 1.82. The van der Waals surface area contributed by atoms with Crippen molar-refractivity contribution in [3.8, 4) is 11.8 Å². The molecule has 0 atom stereocenters. The average molecular weight is 254 g/mol. The molecule has 0 aliphatic heterocycles. The number of imidazole rings is 1. The maximum atomic E-state index is 9.01. The van der Waals surface area contributed by atoms with Gasteiger partial charge in [0.1, 0.15) is 6.07 Å². The summed E-state index contributed by atoms with van der Waals surface area (Å²) >= 11 is 0. The second-order valence-corrected chi connectivity index (χ2v) is 4.53. The fourth-order valence-electron chi connectivity index (χ4n) is 2.09. The van der Waals surface area contributed by atoms with E-state index in [-0.39, 0.29) is 0 Å². The van der Waals surface area contributed by atoms with Gasteiger partial charge in [-0.3, -0.25) is 4.57 Å². The Kier molecular flexibility index (Phi) is 4.32. The lowest BCUT2D eigenvalue weighted by atomic mass is 10.1. The molecule has 0 fully saturated rings. The molecule has 1 aromatic heterocycles. The van der Waals surface area contributed by atoms with Gasteiger partial charge in [0.05, 0.1) is 5.69 Å². The topological polar surface area (TPSA) is 53.6 Å². The summed E-state index contributed by atoms with van der Waals surface area (Å²) in [7, 11) is 0. The first kappa shape index (κ1) is 13.3.